The Labute approximate surface area is 78.9 Å². The van der Waals surface area contributed by atoms with E-state index in [0.29, 0.717) is 0 Å². The van der Waals surface area contributed by atoms with Crippen LogP contribution in [0.25, 0.3) is 0 Å². The zero-order valence-corrected chi connectivity index (χ0v) is 7.87. The topological polar surface area (TPSA) is 21.3 Å². The molecule has 13 heavy (non-hydrogen) atoms. The molecule has 0 saturated carbocycles. The zero-order chi connectivity index (χ0) is 9.68. The number of methoxy groups -OCH3 is 1. The summed E-state index contributed by atoms with van der Waals surface area (Å²) in [5, 5.41) is 3.03. The van der Waals surface area contributed by atoms with Gasteiger partial charge < -0.3 is 10.1 Å². The van der Waals surface area contributed by atoms with Crippen molar-refractivity contribution in [3.63, 3.8) is 0 Å². The van der Waals surface area contributed by atoms with Gasteiger partial charge in [-0.1, -0.05) is 18.1 Å². The lowest BCUT2D eigenvalue weighted by molar-refractivity contribution is 0.414. The maximum absolute atomic E-state index is 5.35. The quantitative estimate of drug-likeness (QED) is 0.704. The van der Waals surface area contributed by atoms with Gasteiger partial charge in [-0.3, -0.25) is 0 Å². The number of rotatable bonds is 3. The average Bonchev–Trinajstić information content (AvgIpc) is 2.20. The first-order valence-electron chi connectivity index (χ1n) is 4.09. The van der Waals surface area contributed by atoms with Crippen molar-refractivity contribution in [2.24, 2.45) is 0 Å². The van der Waals surface area contributed by atoms with Crippen LogP contribution in [0.15, 0.2) is 24.3 Å². The van der Waals surface area contributed by atoms with E-state index >= 15 is 0 Å². The minimum absolute atomic E-state index is 0.0462. The third-order valence-corrected chi connectivity index (χ3v) is 1.88. The standard InChI is InChI=1S/C11H13NO/c1-4-11(12-2)9-6-5-7-10(8-9)13-3/h1,5-8,11-12H,2-3H3. The molecule has 0 fully saturated rings. The summed E-state index contributed by atoms with van der Waals surface area (Å²) >= 11 is 0. The normalized spacial score (nSPS) is 11.8. The first-order chi connectivity index (χ1) is 6.31. The molecule has 1 aromatic rings. The van der Waals surface area contributed by atoms with E-state index < -0.39 is 0 Å². The second-order valence-electron chi connectivity index (χ2n) is 2.66. The summed E-state index contributed by atoms with van der Waals surface area (Å²) < 4.78 is 5.10. The molecule has 0 aliphatic rings. The fourth-order valence-electron chi connectivity index (χ4n) is 1.17. The number of ether oxygens (including phenoxy) is 1. The van der Waals surface area contributed by atoms with Gasteiger partial charge in [0.15, 0.2) is 0 Å². The molecule has 1 N–H and O–H groups in total. The monoisotopic (exact) mass is 175 g/mol. The minimum atomic E-state index is -0.0462. The molecule has 0 aromatic heterocycles. The third kappa shape index (κ3) is 2.24. The van der Waals surface area contributed by atoms with Crippen molar-refractivity contribution in [3.05, 3.63) is 29.8 Å². The summed E-state index contributed by atoms with van der Waals surface area (Å²) in [6, 6.07) is 7.68. The van der Waals surface area contributed by atoms with Crippen LogP contribution in [-0.4, -0.2) is 14.2 Å². The molecule has 0 heterocycles. The molecule has 0 bridgehead atoms. The van der Waals surface area contributed by atoms with Crippen LogP contribution in [0, 0.1) is 12.3 Å². The van der Waals surface area contributed by atoms with Crippen molar-refractivity contribution in [3.8, 4) is 18.1 Å². The van der Waals surface area contributed by atoms with Crippen molar-refractivity contribution < 1.29 is 4.74 Å². The smallest absolute Gasteiger partial charge is 0.119 e. The van der Waals surface area contributed by atoms with E-state index in [1.165, 1.54) is 0 Å². The largest absolute Gasteiger partial charge is 0.497 e. The Balaban J connectivity index is 2.94. The highest BCUT2D eigenvalue weighted by Crippen LogP contribution is 2.17. The SMILES string of the molecule is C#CC(NC)c1cccc(OC)c1. The summed E-state index contributed by atoms with van der Waals surface area (Å²) in [6.07, 6.45) is 5.35. The van der Waals surface area contributed by atoms with Gasteiger partial charge in [0.25, 0.3) is 0 Å². The van der Waals surface area contributed by atoms with Crippen LogP contribution in [0.1, 0.15) is 11.6 Å². The second-order valence-corrected chi connectivity index (χ2v) is 2.66. The van der Waals surface area contributed by atoms with Crippen molar-refractivity contribution in [2.45, 2.75) is 6.04 Å². The fraction of sp³-hybridized carbons (Fsp3) is 0.273. The van der Waals surface area contributed by atoms with E-state index in [9.17, 15) is 0 Å². The van der Waals surface area contributed by atoms with E-state index in [-0.39, 0.29) is 6.04 Å². The lowest BCUT2D eigenvalue weighted by Crippen LogP contribution is -2.13. The van der Waals surface area contributed by atoms with Crippen molar-refractivity contribution >= 4 is 0 Å². The molecule has 0 aliphatic carbocycles. The summed E-state index contributed by atoms with van der Waals surface area (Å²) in [4.78, 5) is 0. The van der Waals surface area contributed by atoms with Crippen LogP contribution in [0.5, 0.6) is 5.75 Å². The van der Waals surface area contributed by atoms with Crippen LogP contribution >= 0.6 is 0 Å². The van der Waals surface area contributed by atoms with Crippen LogP contribution in [0.3, 0.4) is 0 Å². The fourth-order valence-corrected chi connectivity index (χ4v) is 1.17. The number of hydrogen-bond acceptors (Lipinski definition) is 2. The zero-order valence-electron chi connectivity index (χ0n) is 7.87. The first kappa shape index (κ1) is 9.63. The van der Waals surface area contributed by atoms with Crippen LogP contribution in [-0.2, 0) is 0 Å². The summed E-state index contributed by atoms with van der Waals surface area (Å²) in [6.45, 7) is 0. The van der Waals surface area contributed by atoms with E-state index in [4.69, 9.17) is 11.2 Å². The Hall–Kier alpha value is -1.46. The lowest BCUT2D eigenvalue weighted by Gasteiger charge is -2.10. The summed E-state index contributed by atoms with van der Waals surface area (Å²) in [5.74, 6) is 3.48. The Morgan fingerprint density at radius 3 is 2.85 bits per heavy atom. The minimum Gasteiger partial charge on any atom is -0.497 e. The van der Waals surface area contributed by atoms with Gasteiger partial charge in [-0.2, -0.15) is 0 Å². The molecule has 0 aliphatic heterocycles. The van der Waals surface area contributed by atoms with Crippen molar-refractivity contribution in [1.29, 1.82) is 0 Å². The Morgan fingerprint density at radius 1 is 1.54 bits per heavy atom. The van der Waals surface area contributed by atoms with Gasteiger partial charge in [-0.05, 0) is 24.7 Å². The van der Waals surface area contributed by atoms with Crippen LogP contribution in [0.4, 0.5) is 0 Å². The molecule has 0 saturated heterocycles. The highest BCUT2D eigenvalue weighted by atomic mass is 16.5. The van der Waals surface area contributed by atoms with Crippen molar-refractivity contribution in [2.75, 3.05) is 14.2 Å². The molecule has 1 unspecified atom stereocenters. The maximum atomic E-state index is 5.35. The molecule has 1 rings (SSSR count). The predicted molar refractivity (Wildman–Crippen MR) is 53.6 cm³/mol. The molecule has 68 valence electrons. The maximum Gasteiger partial charge on any atom is 0.119 e. The molecule has 0 amide bonds. The molecule has 0 radical (unpaired) electrons. The number of hydrogen-bond donors (Lipinski definition) is 1. The third-order valence-electron chi connectivity index (χ3n) is 1.88. The summed E-state index contributed by atoms with van der Waals surface area (Å²) in [5.41, 5.74) is 1.05. The Morgan fingerprint density at radius 2 is 2.31 bits per heavy atom. The number of benzene rings is 1. The van der Waals surface area contributed by atoms with Crippen molar-refractivity contribution in [1.82, 2.24) is 5.32 Å². The van der Waals surface area contributed by atoms with Gasteiger partial charge in [-0.15, -0.1) is 6.42 Å². The van der Waals surface area contributed by atoms with Gasteiger partial charge >= 0.3 is 0 Å². The van der Waals surface area contributed by atoms with E-state index in [1.54, 1.807) is 7.11 Å². The van der Waals surface area contributed by atoms with Gasteiger partial charge in [0, 0.05) is 0 Å². The van der Waals surface area contributed by atoms with Gasteiger partial charge in [-0.25, -0.2) is 0 Å². The molecular formula is C11H13NO. The highest BCUT2D eigenvalue weighted by molar-refractivity contribution is 5.33. The van der Waals surface area contributed by atoms with Gasteiger partial charge in [0.05, 0.1) is 13.2 Å². The van der Waals surface area contributed by atoms with E-state index in [1.807, 2.05) is 31.3 Å². The number of nitrogens with one attached hydrogen (secondary N) is 1. The van der Waals surface area contributed by atoms with Crippen LogP contribution < -0.4 is 10.1 Å². The number of terminal acetylenes is 1. The van der Waals surface area contributed by atoms with Crippen LogP contribution in [0.2, 0.25) is 0 Å². The predicted octanol–water partition coefficient (Wildman–Crippen LogP) is 1.59. The molecule has 1 aromatic carbocycles. The second kappa shape index (κ2) is 4.54. The van der Waals surface area contributed by atoms with E-state index in [2.05, 4.69) is 11.2 Å². The molecule has 0 spiro atoms. The lowest BCUT2D eigenvalue weighted by atomic mass is 10.1. The molecule has 2 heteroatoms. The summed E-state index contributed by atoms with van der Waals surface area (Å²) in [7, 11) is 3.48. The Bertz CT molecular complexity index is 314. The first-order valence-corrected chi connectivity index (χ1v) is 4.09. The average molecular weight is 175 g/mol. The molecule has 1 atom stereocenters. The highest BCUT2D eigenvalue weighted by Gasteiger charge is 2.04. The molecular weight excluding hydrogens is 162 g/mol. The van der Waals surface area contributed by atoms with Gasteiger partial charge in [0.2, 0.25) is 0 Å². The molecule has 2 nitrogen and oxygen atoms in total. The Kier molecular flexibility index (Phi) is 3.36. The van der Waals surface area contributed by atoms with Gasteiger partial charge in [0.1, 0.15) is 5.75 Å². The van der Waals surface area contributed by atoms with E-state index in [0.717, 1.165) is 11.3 Å².